The molecule has 0 aromatic carbocycles. The summed E-state index contributed by atoms with van der Waals surface area (Å²) in [5.41, 5.74) is 1.67. The summed E-state index contributed by atoms with van der Waals surface area (Å²) >= 11 is 0. The lowest BCUT2D eigenvalue weighted by molar-refractivity contribution is 0.393. The standard InChI is InChI=1S/C10H19N/c1-8(2)5-9-6-10(9)7-11(3)4/h6,8,10H,5,7H2,1-4H3. The minimum Gasteiger partial charge on any atom is -0.308 e. The van der Waals surface area contributed by atoms with Crippen LogP contribution in [-0.4, -0.2) is 25.5 Å². The van der Waals surface area contributed by atoms with Gasteiger partial charge in [0, 0.05) is 12.5 Å². The Morgan fingerprint density at radius 1 is 1.45 bits per heavy atom. The van der Waals surface area contributed by atoms with Gasteiger partial charge in [-0.05, 0) is 26.4 Å². The van der Waals surface area contributed by atoms with Gasteiger partial charge >= 0.3 is 0 Å². The van der Waals surface area contributed by atoms with Crippen LogP contribution in [-0.2, 0) is 0 Å². The second-order valence-corrected chi connectivity index (χ2v) is 4.21. The third kappa shape index (κ3) is 3.06. The SMILES string of the molecule is CC(C)CC1=CC1CN(C)C. The highest BCUT2D eigenvalue weighted by atomic mass is 15.1. The third-order valence-corrected chi connectivity index (χ3v) is 1.99. The Morgan fingerprint density at radius 3 is 2.55 bits per heavy atom. The van der Waals surface area contributed by atoms with Gasteiger partial charge in [0.2, 0.25) is 0 Å². The monoisotopic (exact) mass is 153 g/mol. The summed E-state index contributed by atoms with van der Waals surface area (Å²) in [5, 5.41) is 0. The van der Waals surface area contributed by atoms with E-state index in [4.69, 9.17) is 0 Å². The van der Waals surface area contributed by atoms with Gasteiger partial charge in [-0.2, -0.15) is 0 Å². The number of rotatable bonds is 4. The Hall–Kier alpha value is -0.300. The Morgan fingerprint density at radius 2 is 2.09 bits per heavy atom. The predicted molar refractivity (Wildman–Crippen MR) is 49.6 cm³/mol. The van der Waals surface area contributed by atoms with Crippen LogP contribution in [0.4, 0.5) is 0 Å². The highest BCUT2D eigenvalue weighted by molar-refractivity contribution is 5.29. The molecule has 1 unspecified atom stereocenters. The molecule has 0 saturated carbocycles. The second-order valence-electron chi connectivity index (χ2n) is 4.21. The van der Waals surface area contributed by atoms with Crippen molar-refractivity contribution in [3.63, 3.8) is 0 Å². The quantitative estimate of drug-likeness (QED) is 0.559. The maximum atomic E-state index is 2.40. The molecule has 0 N–H and O–H groups in total. The average molecular weight is 153 g/mol. The molecule has 11 heavy (non-hydrogen) atoms. The summed E-state index contributed by atoms with van der Waals surface area (Å²) in [5.74, 6) is 1.64. The van der Waals surface area contributed by atoms with Crippen molar-refractivity contribution >= 4 is 0 Å². The molecule has 0 saturated heterocycles. The summed E-state index contributed by atoms with van der Waals surface area (Å²) in [4.78, 5) is 2.26. The van der Waals surface area contributed by atoms with Gasteiger partial charge in [0.25, 0.3) is 0 Å². The molecule has 1 atom stereocenters. The number of nitrogens with zero attached hydrogens (tertiary/aromatic N) is 1. The fourth-order valence-electron chi connectivity index (χ4n) is 1.46. The van der Waals surface area contributed by atoms with Crippen molar-refractivity contribution in [2.75, 3.05) is 20.6 Å². The van der Waals surface area contributed by atoms with E-state index in [-0.39, 0.29) is 0 Å². The van der Waals surface area contributed by atoms with Crippen molar-refractivity contribution in [3.05, 3.63) is 11.6 Å². The molecule has 1 rings (SSSR count). The van der Waals surface area contributed by atoms with Gasteiger partial charge in [-0.25, -0.2) is 0 Å². The van der Waals surface area contributed by atoms with E-state index in [1.165, 1.54) is 13.0 Å². The van der Waals surface area contributed by atoms with Crippen LogP contribution in [0, 0.1) is 11.8 Å². The molecule has 1 heteroatoms. The smallest absolute Gasteiger partial charge is 0.0107 e. The van der Waals surface area contributed by atoms with E-state index < -0.39 is 0 Å². The van der Waals surface area contributed by atoms with Crippen molar-refractivity contribution in [2.45, 2.75) is 20.3 Å². The number of hydrogen-bond donors (Lipinski definition) is 0. The molecular formula is C10H19N. The van der Waals surface area contributed by atoms with E-state index in [1.54, 1.807) is 5.57 Å². The lowest BCUT2D eigenvalue weighted by Crippen LogP contribution is -2.15. The van der Waals surface area contributed by atoms with E-state index in [9.17, 15) is 0 Å². The molecule has 1 nitrogen and oxygen atoms in total. The largest absolute Gasteiger partial charge is 0.308 e. The van der Waals surface area contributed by atoms with Gasteiger partial charge in [-0.15, -0.1) is 0 Å². The summed E-state index contributed by atoms with van der Waals surface area (Å²) in [6.07, 6.45) is 3.71. The lowest BCUT2D eigenvalue weighted by Gasteiger charge is -2.09. The molecule has 0 aromatic rings. The van der Waals surface area contributed by atoms with Gasteiger partial charge in [0.05, 0.1) is 0 Å². The number of hydrogen-bond acceptors (Lipinski definition) is 1. The van der Waals surface area contributed by atoms with E-state index >= 15 is 0 Å². The van der Waals surface area contributed by atoms with Gasteiger partial charge in [0.1, 0.15) is 0 Å². The van der Waals surface area contributed by atoms with Crippen molar-refractivity contribution in [3.8, 4) is 0 Å². The van der Waals surface area contributed by atoms with E-state index in [0.717, 1.165) is 11.8 Å². The average Bonchev–Trinajstić information content (AvgIpc) is 2.43. The van der Waals surface area contributed by atoms with Crippen molar-refractivity contribution in [1.29, 1.82) is 0 Å². The first kappa shape index (κ1) is 8.79. The summed E-state index contributed by atoms with van der Waals surface area (Å²) in [7, 11) is 4.28. The third-order valence-electron chi connectivity index (χ3n) is 1.99. The van der Waals surface area contributed by atoms with Gasteiger partial charge in [-0.3, -0.25) is 0 Å². The van der Waals surface area contributed by atoms with Crippen LogP contribution in [0.3, 0.4) is 0 Å². The van der Waals surface area contributed by atoms with Crippen LogP contribution < -0.4 is 0 Å². The molecule has 64 valence electrons. The Kier molecular flexibility index (Phi) is 2.72. The van der Waals surface area contributed by atoms with Crippen LogP contribution in [0.2, 0.25) is 0 Å². The Labute approximate surface area is 70.1 Å². The van der Waals surface area contributed by atoms with Crippen molar-refractivity contribution in [1.82, 2.24) is 4.90 Å². The highest BCUT2D eigenvalue weighted by Crippen LogP contribution is 2.34. The summed E-state index contributed by atoms with van der Waals surface area (Å²) in [6.45, 7) is 5.78. The lowest BCUT2D eigenvalue weighted by atomic mass is 10.1. The molecule has 0 bridgehead atoms. The molecule has 1 aliphatic carbocycles. The molecule has 1 aliphatic rings. The fraction of sp³-hybridized carbons (Fsp3) is 0.800. The molecule has 0 heterocycles. The normalized spacial score (nSPS) is 22.7. The van der Waals surface area contributed by atoms with Crippen molar-refractivity contribution in [2.24, 2.45) is 11.8 Å². The van der Waals surface area contributed by atoms with Crippen LogP contribution in [0.15, 0.2) is 11.6 Å². The Balaban J connectivity index is 2.10. The van der Waals surface area contributed by atoms with Crippen LogP contribution in [0.1, 0.15) is 20.3 Å². The molecule has 0 radical (unpaired) electrons. The zero-order valence-electron chi connectivity index (χ0n) is 8.09. The first-order chi connectivity index (χ1) is 5.09. The van der Waals surface area contributed by atoms with Crippen LogP contribution >= 0.6 is 0 Å². The second kappa shape index (κ2) is 3.40. The van der Waals surface area contributed by atoms with Crippen LogP contribution in [0.5, 0.6) is 0 Å². The molecule has 0 aromatic heterocycles. The summed E-state index contributed by atoms with van der Waals surface area (Å²) in [6, 6.07) is 0. The summed E-state index contributed by atoms with van der Waals surface area (Å²) < 4.78 is 0. The fourth-order valence-corrected chi connectivity index (χ4v) is 1.46. The highest BCUT2D eigenvalue weighted by Gasteiger charge is 2.24. The minimum absolute atomic E-state index is 0.812. The zero-order valence-corrected chi connectivity index (χ0v) is 8.09. The molecule has 0 spiro atoms. The minimum atomic E-state index is 0.812. The predicted octanol–water partition coefficient (Wildman–Crippen LogP) is 2.15. The molecule has 0 fully saturated rings. The van der Waals surface area contributed by atoms with E-state index in [1.807, 2.05) is 0 Å². The topological polar surface area (TPSA) is 3.24 Å². The van der Waals surface area contributed by atoms with E-state index in [2.05, 4.69) is 38.9 Å². The maximum absolute atomic E-state index is 2.40. The zero-order chi connectivity index (χ0) is 8.43. The molecule has 0 aliphatic heterocycles. The van der Waals surface area contributed by atoms with Gasteiger partial charge < -0.3 is 4.90 Å². The van der Waals surface area contributed by atoms with Crippen LogP contribution in [0.25, 0.3) is 0 Å². The Bertz CT molecular complexity index is 156. The van der Waals surface area contributed by atoms with Crippen molar-refractivity contribution < 1.29 is 0 Å². The first-order valence-corrected chi connectivity index (χ1v) is 4.45. The van der Waals surface area contributed by atoms with Gasteiger partial charge in [0.15, 0.2) is 0 Å². The van der Waals surface area contributed by atoms with E-state index in [0.29, 0.717) is 0 Å². The van der Waals surface area contributed by atoms with Gasteiger partial charge in [-0.1, -0.05) is 25.5 Å². The molecule has 0 amide bonds. The first-order valence-electron chi connectivity index (χ1n) is 4.45. The molecular weight excluding hydrogens is 134 g/mol. The maximum Gasteiger partial charge on any atom is 0.0107 e.